The predicted octanol–water partition coefficient (Wildman–Crippen LogP) is 2.23. The molecule has 2 aliphatic heterocycles. The molecule has 0 radical (unpaired) electrons. The smallest absolute Gasteiger partial charge is 0.351 e. The first-order valence-corrected chi connectivity index (χ1v) is 8.13. The molecule has 2 heterocycles. The molecular weight excluding hydrogens is 308 g/mol. The number of para-hydroxylation sites is 1. The van der Waals surface area contributed by atoms with E-state index in [4.69, 9.17) is 4.74 Å². The molecule has 0 bridgehead atoms. The fraction of sp³-hybridized carbons (Fsp3) is 0.500. The third-order valence-electron chi connectivity index (χ3n) is 4.30. The van der Waals surface area contributed by atoms with Crippen molar-refractivity contribution < 1.29 is 19.4 Å². The summed E-state index contributed by atoms with van der Waals surface area (Å²) < 4.78 is 5.42. The molecule has 1 N–H and O–H groups in total. The summed E-state index contributed by atoms with van der Waals surface area (Å²) in [5.41, 5.74) is 1.53. The molecule has 6 heteroatoms. The van der Waals surface area contributed by atoms with Gasteiger partial charge in [0.25, 0.3) is 0 Å². The number of benzene rings is 1. The molecule has 2 atom stereocenters. The maximum atomic E-state index is 12.3. The van der Waals surface area contributed by atoms with E-state index in [1.165, 1.54) is 0 Å². The molecule has 2 aliphatic rings. The molecule has 0 saturated carbocycles. The average Bonchev–Trinajstić information content (AvgIpc) is 2.80. The fourth-order valence-electron chi connectivity index (χ4n) is 3.56. The van der Waals surface area contributed by atoms with Gasteiger partial charge < -0.3 is 14.7 Å². The van der Waals surface area contributed by atoms with Gasteiger partial charge in [0.2, 0.25) is 0 Å². The third-order valence-corrected chi connectivity index (χ3v) is 4.30. The van der Waals surface area contributed by atoms with Gasteiger partial charge in [0, 0.05) is 18.2 Å². The Morgan fingerprint density at radius 1 is 1.33 bits per heavy atom. The summed E-state index contributed by atoms with van der Waals surface area (Å²) in [6.45, 7) is 5.96. The van der Waals surface area contributed by atoms with Crippen molar-refractivity contribution >= 4 is 23.3 Å². The summed E-state index contributed by atoms with van der Waals surface area (Å²) in [5, 5.41) is 9.53. The lowest BCUT2D eigenvalue weighted by Gasteiger charge is -2.32. The number of carboxylic acids is 1. The monoisotopic (exact) mass is 330 g/mol. The minimum Gasteiger partial charge on any atom is -0.477 e. The maximum Gasteiger partial charge on any atom is 0.351 e. The molecule has 6 nitrogen and oxygen atoms in total. The SMILES string of the molecule is CC(C)(C)OC(=O)CN1c2ccccc2C2CCN=C(C(=O)O)C21. The van der Waals surface area contributed by atoms with Crippen molar-refractivity contribution in [3.05, 3.63) is 29.8 Å². The maximum absolute atomic E-state index is 12.3. The van der Waals surface area contributed by atoms with Crippen LogP contribution in [0.2, 0.25) is 0 Å². The Morgan fingerprint density at radius 2 is 2.04 bits per heavy atom. The highest BCUT2D eigenvalue weighted by Crippen LogP contribution is 2.44. The van der Waals surface area contributed by atoms with E-state index in [1.54, 1.807) is 0 Å². The number of anilines is 1. The van der Waals surface area contributed by atoms with Crippen molar-refractivity contribution in [1.29, 1.82) is 0 Å². The number of nitrogens with zero attached hydrogens (tertiary/aromatic N) is 2. The topological polar surface area (TPSA) is 79.2 Å². The van der Waals surface area contributed by atoms with Crippen LogP contribution in [0.3, 0.4) is 0 Å². The van der Waals surface area contributed by atoms with E-state index in [9.17, 15) is 14.7 Å². The van der Waals surface area contributed by atoms with Crippen LogP contribution in [0.15, 0.2) is 29.3 Å². The highest BCUT2D eigenvalue weighted by atomic mass is 16.6. The third kappa shape index (κ3) is 3.00. The van der Waals surface area contributed by atoms with Crippen LogP contribution in [0.1, 0.15) is 38.7 Å². The van der Waals surface area contributed by atoms with Gasteiger partial charge in [-0.3, -0.25) is 9.79 Å². The Morgan fingerprint density at radius 3 is 2.71 bits per heavy atom. The lowest BCUT2D eigenvalue weighted by molar-refractivity contribution is -0.153. The number of fused-ring (bicyclic) bond motifs is 3. The van der Waals surface area contributed by atoms with Gasteiger partial charge in [0.15, 0.2) is 0 Å². The first-order chi connectivity index (χ1) is 11.3. The first-order valence-electron chi connectivity index (χ1n) is 8.13. The highest BCUT2D eigenvalue weighted by molar-refractivity contribution is 6.39. The second kappa shape index (κ2) is 5.92. The van der Waals surface area contributed by atoms with Gasteiger partial charge in [0.1, 0.15) is 17.9 Å². The van der Waals surface area contributed by atoms with E-state index in [2.05, 4.69) is 4.99 Å². The second-order valence-electron chi connectivity index (χ2n) is 7.19. The molecule has 0 aromatic heterocycles. The van der Waals surface area contributed by atoms with Gasteiger partial charge in [-0.05, 0) is 38.8 Å². The summed E-state index contributed by atoms with van der Waals surface area (Å²) in [4.78, 5) is 30.0. The standard InChI is InChI=1S/C18H22N2O4/c1-18(2,3)24-14(21)10-20-13-7-5-4-6-11(13)12-8-9-19-15(16(12)20)17(22)23/h4-7,12,16H,8-10H2,1-3H3,(H,22,23). The number of esters is 1. The molecule has 1 aromatic carbocycles. The Bertz CT molecular complexity index is 705. The van der Waals surface area contributed by atoms with Gasteiger partial charge in [-0.25, -0.2) is 4.79 Å². The minimum atomic E-state index is -1.02. The Balaban J connectivity index is 1.95. The van der Waals surface area contributed by atoms with Gasteiger partial charge in [0.05, 0.1) is 6.04 Å². The van der Waals surface area contributed by atoms with E-state index in [-0.39, 0.29) is 24.1 Å². The number of carboxylic acid groups (broad SMARTS) is 1. The van der Waals surface area contributed by atoms with E-state index < -0.39 is 17.6 Å². The van der Waals surface area contributed by atoms with Crippen LogP contribution in [0.5, 0.6) is 0 Å². The van der Waals surface area contributed by atoms with Crippen LogP contribution >= 0.6 is 0 Å². The largest absolute Gasteiger partial charge is 0.477 e. The second-order valence-corrected chi connectivity index (χ2v) is 7.19. The van der Waals surface area contributed by atoms with E-state index in [0.717, 1.165) is 17.7 Å². The molecule has 0 spiro atoms. The Labute approximate surface area is 141 Å². The van der Waals surface area contributed by atoms with Crippen LogP contribution < -0.4 is 4.90 Å². The molecule has 0 fully saturated rings. The van der Waals surface area contributed by atoms with Crippen LogP contribution in [0.4, 0.5) is 5.69 Å². The number of ether oxygens (including phenoxy) is 1. The number of carbonyl (C=O) groups is 2. The lowest BCUT2D eigenvalue weighted by atomic mass is 9.87. The van der Waals surface area contributed by atoms with Crippen molar-refractivity contribution in [2.45, 2.75) is 44.8 Å². The summed E-state index contributed by atoms with van der Waals surface area (Å²) >= 11 is 0. The summed E-state index contributed by atoms with van der Waals surface area (Å²) in [5.74, 6) is -1.34. The Kier molecular flexibility index (Phi) is 4.07. The summed E-state index contributed by atoms with van der Waals surface area (Å²) in [6.07, 6.45) is 0.781. The van der Waals surface area contributed by atoms with Gasteiger partial charge in [-0.15, -0.1) is 0 Å². The van der Waals surface area contributed by atoms with Crippen LogP contribution in [0.25, 0.3) is 0 Å². The number of carbonyl (C=O) groups excluding carboxylic acids is 1. The van der Waals surface area contributed by atoms with E-state index >= 15 is 0 Å². The van der Waals surface area contributed by atoms with E-state index in [1.807, 2.05) is 49.9 Å². The van der Waals surface area contributed by atoms with Crippen molar-refractivity contribution in [2.24, 2.45) is 4.99 Å². The number of aliphatic imine (C=N–C) groups is 1. The minimum absolute atomic E-state index is 0.0156. The molecule has 24 heavy (non-hydrogen) atoms. The van der Waals surface area contributed by atoms with Gasteiger partial charge in [-0.2, -0.15) is 0 Å². The quantitative estimate of drug-likeness (QED) is 0.860. The van der Waals surface area contributed by atoms with E-state index in [0.29, 0.717) is 6.54 Å². The van der Waals surface area contributed by atoms with Gasteiger partial charge in [-0.1, -0.05) is 18.2 Å². The van der Waals surface area contributed by atoms with Gasteiger partial charge >= 0.3 is 11.9 Å². The van der Waals surface area contributed by atoms with Crippen LogP contribution in [-0.2, 0) is 14.3 Å². The van der Waals surface area contributed by atoms with Crippen LogP contribution in [0, 0.1) is 0 Å². The van der Waals surface area contributed by atoms with Crippen molar-refractivity contribution in [3.63, 3.8) is 0 Å². The molecule has 1 aromatic rings. The summed E-state index contributed by atoms with van der Waals surface area (Å²) in [6, 6.07) is 7.36. The molecule has 128 valence electrons. The molecule has 0 aliphatic carbocycles. The molecule has 3 rings (SSSR count). The lowest BCUT2D eigenvalue weighted by Crippen LogP contribution is -2.48. The first kappa shape index (κ1) is 16.5. The fourth-order valence-corrected chi connectivity index (χ4v) is 3.56. The number of hydrogen-bond donors (Lipinski definition) is 1. The zero-order valence-corrected chi connectivity index (χ0v) is 14.2. The summed E-state index contributed by atoms with van der Waals surface area (Å²) in [7, 11) is 0. The zero-order valence-electron chi connectivity index (χ0n) is 14.2. The normalized spacial score (nSPS) is 22.5. The molecule has 0 amide bonds. The number of rotatable bonds is 3. The van der Waals surface area contributed by atoms with Crippen molar-refractivity contribution in [2.75, 3.05) is 18.0 Å². The van der Waals surface area contributed by atoms with Crippen molar-refractivity contribution in [3.8, 4) is 0 Å². The molecule has 0 saturated heterocycles. The van der Waals surface area contributed by atoms with Crippen molar-refractivity contribution in [1.82, 2.24) is 0 Å². The van der Waals surface area contributed by atoms with Crippen LogP contribution in [-0.4, -0.2) is 47.5 Å². The number of aliphatic carboxylic acids is 1. The zero-order chi connectivity index (χ0) is 17.5. The molecular formula is C18H22N2O4. The molecule has 2 unspecified atom stereocenters. The Hall–Kier alpha value is -2.37. The average molecular weight is 330 g/mol. The predicted molar refractivity (Wildman–Crippen MR) is 90.7 cm³/mol. The number of hydrogen-bond acceptors (Lipinski definition) is 5. The highest BCUT2D eigenvalue weighted by Gasteiger charge is 2.45.